The van der Waals surface area contributed by atoms with Gasteiger partial charge in [-0.25, -0.2) is 4.79 Å². The van der Waals surface area contributed by atoms with Crippen molar-refractivity contribution in [1.29, 1.82) is 0 Å². The van der Waals surface area contributed by atoms with E-state index in [-0.39, 0.29) is 29.2 Å². The topological polar surface area (TPSA) is 134 Å². The number of nitrogens with zero attached hydrogens (tertiary/aromatic N) is 1. The summed E-state index contributed by atoms with van der Waals surface area (Å²) in [5, 5.41) is 9.67. The van der Waals surface area contributed by atoms with Crippen molar-refractivity contribution in [3.05, 3.63) is 114 Å². The van der Waals surface area contributed by atoms with Gasteiger partial charge in [0.2, 0.25) is 0 Å². The molecule has 10 nitrogen and oxygen atoms in total. The van der Waals surface area contributed by atoms with Crippen LogP contribution in [0.5, 0.6) is 0 Å². The number of likely N-dealkylation sites (tertiary alicyclic amines) is 1. The number of aromatic nitrogens is 2. The molecular formula is C32H36Cl2N4O6. The maximum Gasteiger partial charge on any atom is 0.409 e. The zero-order valence-corrected chi connectivity index (χ0v) is 25.9. The summed E-state index contributed by atoms with van der Waals surface area (Å²) in [6.07, 6.45) is 4.73. The molecule has 2 aromatic carbocycles. The average Bonchev–Trinajstić information content (AvgIpc) is 3.68. The van der Waals surface area contributed by atoms with Crippen LogP contribution in [-0.4, -0.2) is 53.6 Å². The second-order valence-corrected chi connectivity index (χ2v) is 12.2. The molecular weight excluding hydrogens is 607 g/mol. The Bertz CT molecular complexity index is 1610. The fourth-order valence-electron chi connectivity index (χ4n) is 6.08. The van der Waals surface area contributed by atoms with Gasteiger partial charge in [-0.05, 0) is 80.5 Å². The number of hydrogen-bond donors (Lipinski definition) is 3. The molecule has 234 valence electrons. The summed E-state index contributed by atoms with van der Waals surface area (Å²) in [4.78, 5) is 36.3. The molecule has 4 heterocycles. The highest BCUT2D eigenvalue weighted by Crippen LogP contribution is 2.33. The van der Waals surface area contributed by atoms with Crippen molar-refractivity contribution in [2.75, 3.05) is 20.2 Å². The lowest BCUT2D eigenvalue weighted by Crippen LogP contribution is -2.46. The molecule has 0 aliphatic carbocycles. The first kappa shape index (κ1) is 31.7. The monoisotopic (exact) mass is 642 g/mol. The number of H-pyrrole nitrogens is 2. The normalized spacial score (nSPS) is 21.8. The van der Waals surface area contributed by atoms with Crippen LogP contribution in [0.4, 0.5) is 4.79 Å². The van der Waals surface area contributed by atoms with Crippen molar-refractivity contribution < 1.29 is 18.6 Å². The third-order valence-electron chi connectivity index (χ3n) is 8.29. The Morgan fingerprint density at radius 2 is 1.39 bits per heavy atom. The molecule has 12 heteroatoms. The number of aromatic amines is 2. The van der Waals surface area contributed by atoms with Crippen LogP contribution in [0.25, 0.3) is 0 Å². The van der Waals surface area contributed by atoms with Gasteiger partial charge in [0.05, 0.1) is 7.11 Å². The molecule has 44 heavy (non-hydrogen) atoms. The number of ether oxygens (including phenoxy) is 1. The van der Waals surface area contributed by atoms with Crippen LogP contribution < -0.4 is 16.4 Å². The quantitative estimate of drug-likeness (QED) is 0.239. The maximum absolute atomic E-state index is 12.1. The average molecular weight is 644 g/mol. The van der Waals surface area contributed by atoms with Gasteiger partial charge in [0, 0.05) is 52.6 Å². The van der Waals surface area contributed by atoms with Crippen molar-refractivity contribution in [2.24, 2.45) is 0 Å². The molecule has 2 unspecified atom stereocenters. The van der Waals surface area contributed by atoms with Crippen LogP contribution in [-0.2, 0) is 17.6 Å². The fourth-order valence-corrected chi connectivity index (χ4v) is 6.33. The first-order valence-electron chi connectivity index (χ1n) is 14.7. The van der Waals surface area contributed by atoms with Crippen LogP contribution >= 0.6 is 23.2 Å². The molecule has 0 spiro atoms. The summed E-state index contributed by atoms with van der Waals surface area (Å²) in [5.74, 6) is 1.83. The summed E-state index contributed by atoms with van der Waals surface area (Å²) in [5.41, 5.74) is 1.96. The molecule has 2 aliphatic heterocycles. The second kappa shape index (κ2) is 14.8. The zero-order valence-electron chi connectivity index (χ0n) is 24.4. The van der Waals surface area contributed by atoms with Crippen molar-refractivity contribution in [3.63, 3.8) is 0 Å². The van der Waals surface area contributed by atoms with Gasteiger partial charge >= 0.3 is 6.09 Å². The van der Waals surface area contributed by atoms with E-state index in [1.807, 2.05) is 36.4 Å². The largest absolute Gasteiger partial charge is 0.453 e. The third-order valence-corrected chi connectivity index (χ3v) is 8.79. The Morgan fingerprint density at radius 1 is 0.841 bits per heavy atom. The van der Waals surface area contributed by atoms with E-state index < -0.39 is 0 Å². The maximum atomic E-state index is 12.1. The van der Waals surface area contributed by atoms with Gasteiger partial charge in [0.25, 0.3) is 11.1 Å². The number of carbonyl (C=O) groups is 1. The van der Waals surface area contributed by atoms with Gasteiger partial charge in [-0.2, -0.15) is 10.3 Å². The molecule has 0 saturated carbocycles. The predicted molar refractivity (Wildman–Crippen MR) is 168 cm³/mol. The van der Waals surface area contributed by atoms with E-state index in [4.69, 9.17) is 37.0 Å². The molecule has 0 radical (unpaired) electrons. The minimum atomic E-state index is -0.331. The lowest BCUT2D eigenvalue weighted by molar-refractivity contribution is 0.0817. The Morgan fingerprint density at radius 3 is 1.91 bits per heavy atom. The minimum absolute atomic E-state index is 0.0300. The van der Waals surface area contributed by atoms with Crippen LogP contribution in [0.2, 0.25) is 10.0 Å². The highest BCUT2D eigenvalue weighted by molar-refractivity contribution is 6.30. The van der Waals surface area contributed by atoms with Crippen molar-refractivity contribution in [1.82, 2.24) is 20.5 Å². The third kappa shape index (κ3) is 8.46. The van der Waals surface area contributed by atoms with Gasteiger partial charge in [-0.3, -0.25) is 9.59 Å². The van der Waals surface area contributed by atoms with Crippen molar-refractivity contribution in [3.8, 4) is 0 Å². The number of amides is 1. The Kier molecular flexibility index (Phi) is 10.7. The van der Waals surface area contributed by atoms with Gasteiger partial charge in [-0.1, -0.05) is 47.5 Å². The van der Waals surface area contributed by atoms with E-state index in [2.05, 4.69) is 27.8 Å². The Hall–Kier alpha value is -3.73. The van der Waals surface area contributed by atoms with Crippen molar-refractivity contribution >= 4 is 29.3 Å². The first-order valence-corrected chi connectivity index (χ1v) is 15.5. The van der Waals surface area contributed by atoms with Gasteiger partial charge in [0.1, 0.15) is 11.5 Å². The number of rotatable bonds is 6. The minimum Gasteiger partial charge on any atom is -0.453 e. The number of piperidine rings is 2. The molecule has 6 rings (SSSR count). The predicted octanol–water partition coefficient (Wildman–Crippen LogP) is 5.88. The molecule has 2 fully saturated rings. The second-order valence-electron chi connectivity index (χ2n) is 11.3. The molecule has 0 bridgehead atoms. The van der Waals surface area contributed by atoms with Crippen LogP contribution in [0.3, 0.4) is 0 Å². The number of nitrogens with one attached hydrogen (secondary N) is 3. The highest BCUT2D eigenvalue weighted by atomic mass is 35.5. The first-order chi connectivity index (χ1) is 21.3. The molecule has 3 N–H and O–H groups in total. The Labute approximate surface area is 264 Å². The summed E-state index contributed by atoms with van der Waals surface area (Å²) in [7, 11) is 1.39. The molecule has 2 saturated heterocycles. The summed E-state index contributed by atoms with van der Waals surface area (Å²) < 4.78 is 15.4. The van der Waals surface area contributed by atoms with Gasteiger partial charge < -0.3 is 24.0 Å². The van der Waals surface area contributed by atoms with Gasteiger partial charge in [-0.15, -0.1) is 0 Å². The number of halogens is 2. The Balaban J connectivity index is 0.000000177. The van der Waals surface area contributed by atoms with Crippen LogP contribution in [0, 0.1) is 0 Å². The molecule has 4 aromatic rings. The number of methoxy groups -OCH3 is 1. The SMILES string of the molecule is COC(=O)N1CCC(c2cc(=O)[nH]o2)CC1Cc1ccc(Cl)cc1.O=c1cc([C@@H]2CCN[C@@H](Cc3ccc(Cl)cc3)C2)o[nH]1. The van der Waals surface area contributed by atoms with E-state index in [0.717, 1.165) is 48.6 Å². The number of hydrogen-bond acceptors (Lipinski definition) is 7. The lowest BCUT2D eigenvalue weighted by Gasteiger charge is -2.38. The van der Waals surface area contributed by atoms with Crippen LogP contribution in [0.15, 0.2) is 79.3 Å². The molecule has 2 aliphatic rings. The van der Waals surface area contributed by atoms with Crippen LogP contribution in [0.1, 0.15) is 60.2 Å². The number of carbonyl (C=O) groups excluding carboxylic acids is 1. The smallest absolute Gasteiger partial charge is 0.409 e. The highest BCUT2D eigenvalue weighted by Gasteiger charge is 2.34. The van der Waals surface area contributed by atoms with E-state index in [1.165, 1.54) is 18.7 Å². The standard InChI is InChI=1S/C17H19ClN2O4.C15H17ClN2O2/c1-23-17(22)20-7-6-12(15-10-16(21)19-24-15)9-14(20)8-11-2-4-13(18)5-3-11;16-12-3-1-10(2-4-12)7-13-8-11(5-6-17-13)14-9-15(19)18-20-14/h2-5,10,12,14H,6-9H2,1H3,(H,19,21);1-4,9,11,13,17H,5-8H2,(H,18,19)/t;11-,13+/m.1/s1. The summed E-state index contributed by atoms with van der Waals surface area (Å²) in [6, 6.07) is 19.0. The fraction of sp³-hybridized carbons (Fsp3) is 0.406. The molecule has 1 amide bonds. The van der Waals surface area contributed by atoms with E-state index in [1.54, 1.807) is 11.0 Å². The summed E-state index contributed by atoms with van der Waals surface area (Å²) in [6.45, 7) is 1.50. The van der Waals surface area contributed by atoms with Crippen molar-refractivity contribution in [2.45, 2.75) is 62.4 Å². The van der Waals surface area contributed by atoms with E-state index >= 15 is 0 Å². The van der Waals surface area contributed by atoms with Gasteiger partial charge in [0.15, 0.2) is 0 Å². The number of benzene rings is 2. The summed E-state index contributed by atoms with van der Waals surface area (Å²) >= 11 is 11.8. The molecule has 4 atom stereocenters. The lowest BCUT2D eigenvalue weighted by atomic mass is 9.86. The zero-order chi connectivity index (χ0) is 31.1. The van der Waals surface area contributed by atoms with E-state index in [9.17, 15) is 14.4 Å². The molecule has 2 aromatic heterocycles. The van der Waals surface area contributed by atoms with E-state index in [0.29, 0.717) is 42.1 Å².